The van der Waals surface area contributed by atoms with Gasteiger partial charge in [-0.1, -0.05) is 0 Å². The van der Waals surface area contributed by atoms with Gasteiger partial charge in [-0.15, -0.1) is 0 Å². The molecular weight excluding hydrogens is 346 g/mol. The van der Waals surface area contributed by atoms with Gasteiger partial charge in [0.1, 0.15) is 23.7 Å². The van der Waals surface area contributed by atoms with Crippen LogP contribution in [0.1, 0.15) is 16.2 Å². The largest absolute Gasteiger partial charge is 0.378 e. The Morgan fingerprint density at radius 2 is 1.56 bits per heavy atom. The van der Waals surface area contributed by atoms with Gasteiger partial charge < -0.3 is 19.4 Å². The second kappa shape index (κ2) is 7.83. The molecule has 1 amide bonds. The molecule has 4 heterocycles. The van der Waals surface area contributed by atoms with Gasteiger partial charge in [0.15, 0.2) is 0 Å². The third kappa shape index (κ3) is 3.97. The van der Waals surface area contributed by atoms with Crippen molar-refractivity contribution in [2.45, 2.75) is 6.92 Å². The summed E-state index contributed by atoms with van der Waals surface area (Å²) in [6.07, 6.45) is 4.78. The number of amides is 1. The van der Waals surface area contributed by atoms with Crippen LogP contribution in [0.2, 0.25) is 0 Å². The molecule has 142 valence electrons. The van der Waals surface area contributed by atoms with E-state index in [0.29, 0.717) is 18.8 Å². The van der Waals surface area contributed by atoms with Crippen molar-refractivity contribution in [3.8, 4) is 0 Å². The number of anilines is 2. The van der Waals surface area contributed by atoms with E-state index in [1.165, 1.54) is 0 Å². The Morgan fingerprint density at radius 1 is 0.889 bits per heavy atom. The lowest BCUT2D eigenvalue weighted by Gasteiger charge is -2.35. The van der Waals surface area contributed by atoms with Gasteiger partial charge >= 0.3 is 0 Å². The molecule has 9 heteroatoms. The predicted octanol–water partition coefficient (Wildman–Crippen LogP) is 0.374. The average Bonchev–Trinajstić information content (AvgIpc) is 2.75. The molecule has 0 saturated carbocycles. The van der Waals surface area contributed by atoms with E-state index in [1.54, 1.807) is 18.7 Å². The maximum atomic E-state index is 12.6. The second-order valence-corrected chi connectivity index (χ2v) is 6.66. The summed E-state index contributed by atoms with van der Waals surface area (Å²) in [5, 5.41) is 0. The van der Waals surface area contributed by atoms with Crippen LogP contribution in [0, 0.1) is 6.92 Å². The Hall–Kier alpha value is -2.81. The number of carbonyl (C=O) groups is 1. The summed E-state index contributed by atoms with van der Waals surface area (Å²) in [6.45, 7) is 7.70. The molecule has 0 spiro atoms. The molecule has 0 aromatic carbocycles. The molecule has 2 aromatic heterocycles. The van der Waals surface area contributed by atoms with Crippen molar-refractivity contribution in [2.75, 3.05) is 62.3 Å². The van der Waals surface area contributed by atoms with Crippen LogP contribution in [0.15, 0.2) is 24.8 Å². The first-order valence-corrected chi connectivity index (χ1v) is 9.18. The normalized spacial score (nSPS) is 17.9. The van der Waals surface area contributed by atoms with Crippen molar-refractivity contribution < 1.29 is 9.53 Å². The molecule has 2 fully saturated rings. The standard InChI is InChI=1S/C18H23N7O2/c1-14-11-20-15(12-19-14)18(26)25-4-2-23(3-5-25)16-10-17(22-13-21-16)24-6-8-27-9-7-24/h10-13H,2-9H2,1H3. The zero-order valence-electron chi connectivity index (χ0n) is 15.4. The number of ether oxygens (including phenoxy) is 1. The fourth-order valence-electron chi connectivity index (χ4n) is 3.28. The highest BCUT2D eigenvalue weighted by atomic mass is 16.5. The molecule has 0 aliphatic carbocycles. The molecular formula is C18H23N7O2. The number of hydrogen-bond donors (Lipinski definition) is 0. The summed E-state index contributed by atoms with van der Waals surface area (Å²) >= 11 is 0. The second-order valence-electron chi connectivity index (χ2n) is 6.66. The van der Waals surface area contributed by atoms with Gasteiger partial charge in [0.05, 0.1) is 25.1 Å². The SMILES string of the molecule is Cc1cnc(C(=O)N2CCN(c3cc(N4CCOCC4)ncn3)CC2)cn1. The van der Waals surface area contributed by atoms with E-state index >= 15 is 0 Å². The van der Waals surface area contributed by atoms with Crippen LogP contribution in [0.4, 0.5) is 11.6 Å². The minimum Gasteiger partial charge on any atom is -0.378 e. The minimum absolute atomic E-state index is 0.0705. The number of rotatable bonds is 3. The van der Waals surface area contributed by atoms with Gasteiger partial charge in [0.25, 0.3) is 5.91 Å². The van der Waals surface area contributed by atoms with E-state index in [4.69, 9.17) is 4.74 Å². The van der Waals surface area contributed by atoms with Crippen molar-refractivity contribution in [3.05, 3.63) is 36.2 Å². The summed E-state index contributed by atoms with van der Waals surface area (Å²) < 4.78 is 5.40. The Kier molecular flexibility index (Phi) is 5.10. The molecule has 27 heavy (non-hydrogen) atoms. The zero-order valence-corrected chi connectivity index (χ0v) is 15.4. The van der Waals surface area contributed by atoms with Crippen LogP contribution in [-0.4, -0.2) is 83.2 Å². The maximum absolute atomic E-state index is 12.6. The maximum Gasteiger partial charge on any atom is 0.274 e. The Labute approximate surface area is 158 Å². The zero-order chi connectivity index (χ0) is 18.6. The van der Waals surface area contributed by atoms with Crippen LogP contribution < -0.4 is 9.80 Å². The number of nitrogens with zero attached hydrogens (tertiary/aromatic N) is 7. The molecule has 2 aliphatic heterocycles. The highest BCUT2D eigenvalue weighted by molar-refractivity contribution is 5.92. The Balaban J connectivity index is 1.39. The third-order valence-electron chi connectivity index (χ3n) is 4.86. The molecule has 2 aliphatic rings. The minimum atomic E-state index is -0.0705. The van der Waals surface area contributed by atoms with E-state index in [0.717, 1.165) is 56.7 Å². The number of hydrogen-bond acceptors (Lipinski definition) is 8. The van der Waals surface area contributed by atoms with Gasteiger partial charge in [-0.25, -0.2) is 15.0 Å². The van der Waals surface area contributed by atoms with Crippen molar-refractivity contribution in [2.24, 2.45) is 0 Å². The number of carbonyl (C=O) groups excluding carboxylic acids is 1. The lowest BCUT2D eigenvalue weighted by Crippen LogP contribution is -2.49. The van der Waals surface area contributed by atoms with E-state index in [1.807, 2.05) is 17.9 Å². The molecule has 2 saturated heterocycles. The summed E-state index contributed by atoms with van der Waals surface area (Å²) in [7, 11) is 0. The fourth-order valence-corrected chi connectivity index (χ4v) is 3.28. The van der Waals surface area contributed by atoms with Gasteiger partial charge in [-0.05, 0) is 6.92 Å². The predicted molar refractivity (Wildman–Crippen MR) is 99.9 cm³/mol. The summed E-state index contributed by atoms with van der Waals surface area (Å²) in [6, 6.07) is 2.02. The van der Waals surface area contributed by atoms with Crippen LogP contribution in [0.3, 0.4) is 0 Å². The Morgan fingerprint density at radius 3 is 2.19 bits per heavy atom. The summed E-state index contributed by atoms with van der Waals surface area (Å²) in [5.74, 6) is 1.75. The average molecular weight is 369 g/mol. The first-order chi connectivity index (χ1) is 13.2. The molecule has 0 bridgehead atoms. The van der Waals surface area contributed by atoms with Gasteiger partial charge in [-0.2, -0.15) is 0 Å². The first-order valence-electron chi connectivity index (χ1n) is 9.18. The number of aryl methyl sites for hydroxylation is 1. The van der Waals surface area contributed by atoms with Crippen LogP contribution in [0.25, 0.3) is 0 Å². The monoisotopic (exact) mass is 369 g/mol. The van der Waals surface area contributed by atoms with Crippen molar-refractivity contribution >= 4 is 17.5 Å². The molecule has 4 rings (SSSR count). The molecule has 0 radical (unpaired) electrons. The molecule has 0 N–H and O–H groups in total. The van der Waals surface area contributed by atoms with Crippen LogP contribution in [0.5, 0.6) is 0 Å². The van der Waals surface area contributed by atoms with Crippen LogP contribution >= 0.6 is 0 Å². The van der Waals surface area contributed by atoms with Gasteiger partial charge in [0.2, 0.25) is 0 Å². The lowest BCUT2D eigenvalue weighted by atomic mass is 10.2. The quantitative estimate of drug-likeness (QED) is 0.767. The van der Waals surface area contributed by atoms with E-state index in [2.05, 4.69) is 29.7 Å². The van der Waals surface area contributed by atoms with Crippen LogP contribution in [-0.2, 0) is 4.74 Å². The summed E-state index contributed by atoms with van der Waals surface area (Å²) in [4.78, 5) is 36.0. The number of aromatic nitrogens is 4. The highest BCUT2D eigenvalue weighted by Gasteiger charge is 2.24. The smallest absolute Gasteiger partial charge is 0.274 e. The highest BCUT2D eigenvalue weighted by Crippen LogP contribution is 2.20. The molecule has 0 atom stereocenters. The van der Waals surface area contributed by atoms with Crippen molar-refractivity contribution in [1.82, 2.24) is 24.8 Å². The third-order valence-corrected chi connectivity index (χ3v) is 4.86. The Bertz CT molecular complexity index is 785. The number of piperazine rings is 1. The van der Waals surface area contributed by atoms with E-state index in [9.17, 15) is 4.79 Å². The lowest BCUT2D eigenvalue weighted by molar-refractivity contribution is 0.0740. The molecule has 2 aromatic rings. The van der Waals surface area contributed by atoms with E-state index in [-0.39, 0.29) is 5.91 Å². The molecule has 9 nitrogen and oxygen atoms in total. The van der Waals surface area contributed by atoms with Crippen molar-refractivity contribution in [1.29, 1.82) is 0 Å². The van der Waals surface area contributed by atoms with Crippen molar-refractivity contribution in [3.63, 3.8) is 0 Å². The fraction of sp³-hybridized carbons (Fsp3) is 0.500. The van der Waals surface area contributed by atoms with Gasteiger partial charge in [-0.3, -0.25) is 9.78 Å². The first kappa shape index (κ1) is 17.6. The molecule has 0 unspecified atom stereocenters. The van der Waals surface area contributed by atoms with E-state index < -0.39 is 0 Å². The number of morpholine rings is 1. The van der Waals surface area contributed by atoms with Gasteiger partial charge in [0, 0.05) is 51.5 Å². The topological polar surface area (TPSA) is 87.6 Å². The summed E-state index contributed by atoms with van der Waals surface area (Å²) in [5.41, 5.74) is 1.20.